The molecule has 1 saturated heterocycles. The molecular formula is C12H22N2O3. The lowest BCUT2D eigenvalue weighted by Crippen LogP contribution is -2.48. The lowest BCUT2D eigenvalue weighted by molar-refractivity contribution is -0.144. The molecule has 98 valence electrons. The molecule has 1 aliphatic heterocycles. The van der Waals surface area contributed by atoms with Crippen LogP contribution >= 0.6 is 0 Å². The van der Waals surface area contributed by atoms with E-state index in [9.17, 15) is 4.79 Å². The molecule has 0 aromatic rings. The molecule has 1 saturated carbocycles. The normalized spacial score (nSPS) is 24.6. The van der Waals surface area contributed by atoms with Crippen LogP contribution in [-0.4, -0.2) is 63.4 Å². The molecule has 2 rings (SSSR count). The number of rotatable bonds is 6. The number of amides is 1. The molecule has 0 aromatic heterocycles. The van der Waals surface area contributed by atoms with Crippen LogP contribution in [0.15, 0.2) is 0 Å². The van der Waals surface area contributed by atoms with Gasteiger partial charge in [0.2, 0.25) is 0 Å². The largest absolute Gasteiger partial charge is 0.379 e. The number of ether oxygens (including phenoxy) is 2. The average molecular weight is 242 g/mol. The molecule has 0 bridgehead atoms. The van der Waals surface area contributed by atoms with Crippen LogP contribution in [0.3, 0.4) is 0 Å². The summed E-state index contributed by atoms with van der Waals surface area (Å²) in [5.41, 5.74) is 0. The highest BCUT2D eigenvalue weighted by atomic mass is 16.5. The summed E-state index contributed by atoms with van der Waals surface area (Å²) in [6.45, 7) is 4.18. The van der Waals surface area contributed by atoms with Gasteiger partial charge in [0.25, 0.3) is 5.91 Å². The first-order chi connectivity index (χ1) is 8.27. The number of nitrogens with zero attached hydrogens (tertiary/aromatic N) is 1. The van der Waals surface area contributed by atoms with Crippen molar-refractivity contribution in [2.45, 2.75) is 18.9 Å². The fourth-order valence-corrected chi connectivity index (χ4v) is 1.82. The summed E-state index contributed by atoms with van der Waals surface area (Å²) in [5.74, 6) is 0.828. The minimum Gasteiger partial charge on any atom is -0.379 e. The van der Waals surface area contributed by atoms with E-state index < -0.39 is 0 Å². The molecule has 0 radical (unpaired) electrons. The standard InChI is InChI=1S/C12H22N2O3/c1-14(5-7-16-9-10-2-3-10)12(15)11-8-13-4-6-17-11/h10-11,13H,2-9H2,1H3. The maximum absolute atomic E-state index is 11.9. The van der Waals surface area contributed by atoms with E-state index in [1.54, 1.807) is 11.9 Å². The van der Waals surface area contributed by atoms with Crippen LogP contribution in [0.5, 0.6) is 0 Å². The van der Waals surface area contributed by atoms with Crippen LogP contribution in [0.4, 0.5) is 0 Å². The number of morpholine rings is 1. The van der Waals surface area contributed by atoms with Gasteiger partial charge in [-0.05, 0) is 18.8 Å². The molecule has 1 amide bonds. The lowest BCUT2D eigenvalue weighted by atomic mass is 10.2. The summed E-state index contributed by atoms with van der Waals surface area (Å²) >= 11 is 0. The molecule has 1 unspecified atom stereocenters. The minimum atomic E-state index is -0.322. The lowest BCUT2D eigenvalue weighted by Gasteiger charge is -2.27. The first-order valence-corrected chi connectivity index (χ1v) is 6.42. The summed E-state index contributed by atoms with van der Waals surface area (Å²) in [6, 6.07) is 0. The van der Waals surface area contributed by atoms with Crippen molar-refractivity contribution >= 4 is 5.91 Å². The molecule has 2 aliphatic rings. The number of hydrogen-bond acceptors (Lipinski definition) is 4. The molecule has 0 aromatic carbocycles. The van der Waals surface area contributed by atoms with Crippen molar-refractivity contribution in [1.82, 2.24) is 10.2 Å². The number of hydrogen-bond donors (Lipinski definition) is 1. The molecule has 1 aliphatic carbocycles. The zero-order chi connectivity index (χ0) is 12.1. The van der Waals surface area contributed by atoms with Crippen LogP contribution in [0.1, 0.15) is 12.8 Å². The van der Waals surface area contributed by atoms with Crippen molar-refractivity contribution < 1.29 is 14.3 Å². The van der Waals surface area contributed by atoms with Crippen molar-refractivity contribution in [1.29, 1.82) is 0 Å². The van der Waals surface area contributed by atoms with Crippen LogP contribution in [-0.2, 0) is 14.3 Å². The second kappa shape index (κ2) is 6.33. The summed E-state index contributed by atoms with van der Waals surface area (Å²) in [4.78, 5) is 13.6. The Morgan fingerprint density at radius 1 is 1.53 bits per heavy atom. The SMILES string of the molecule is CN(CCOCC1CC1)C(=O)C1CNCCO1. The highest BCUT2D eigenvalue weighted by Crippen LogP contribution is 2.28. The zero-order valence-electron chi connectivity index (χ0n) is 10.5. The van der Waals surface area contributed by atoms with E-state index in [1.165, 1.54) is 12.8 Å². The number of likely N-dealkylation sites (N-methyl/N-ethyl adjacent to an activating group) is 1. The van der Waals surface area contributed by atoms with Gasteiger partial charge in [-0.15, -0.1) is 0 Å². The maximum Gasteiger partial charge on any atom is 0.252 e. The first-order valence-electron chi connectivity index (χ1n) is 6.42. The molecule has 2 fully saturated rings. The van der Waals surface area contributed by atoms with Crippen LogP contribution in [0.25, 0.3) is 0 Å². The summed E-state index contributed by atoms with van der Waals surface area (Å²) in [7, 11) is 1.81. The number of nitrogens with one attached hydrogen (secondary N) is 1. The Kier molecular flexibility index (Phi) is 4.76. The van der Waals surface area contributed by atoms with Gasteiger partial charge in [-0.1, -0.05) is 0 Å². The highest BCUT2D eigenvalue weighted by molar-refractivity contribution is 5.81. The van der Waals surface area contributed by atoms with Gasteiger partial charge in [-0.2, -0.15) is 0 Å². The van der Waals surface area contributed by atoms with E-state index in [1.807, 2.05) is 0 Å². The second-order valence-electron chi connectivity index (χ2n) is 4.84. The Balaban J connectivity index is 1.59. The van der Waals surface area contributed by atoms with Crippen molar-refractivity contribution in [3.05, 3.63) is 0 Å². The van der Waals surface area contributed by atoms with Gasteiger partial charge in [0.05, 0.1) is 13.2 Å². The van der Waals surface area contributed by atoms with E-state index in [2.05, 4.69) is 5.32 Å². The van der Waals surface area contributed by atoms with E-state index in [-0.39, 0.29) is 12.0 Å². The van der Waals surface area contributed by atoms with Crippen molar-refractivity contribution in [2.24, 2.45) is 5.92 Å². The Bertz CT molecular complexity index is 250. The highest BCUT2D eigenvalue weighted by Gasteiger charge is 2.25. The Hall–Kier alpha value is -0.650. The maximum atomic E-state index is 11.9. The third-order valence-electron chi connectivity index (χ3n) is 3.20. The van der Waals surface area contributed by atoms with E-state index in [0.29, 0.717) is 26.3 Å². The Labute approximate surface area is 102 Å². The van der Waals surface area contributed by atoms with Gasteiger partial charge < -0.3 is 19.7 Å². The van der Waals surface area contributed by atoms with Crippen molar-refractivity contribution in [3.8, 4) is 0 Å². The Morgan fingerprint density at radius 2 is 2.35 bits per heavy atom. The monoisotopic (exact) mass is 242 g/mol. The van der Waals surface area contributed by atoms with Gasteiger partial charge in [0.15, 0.2) is 0 Å². The fourth-order valence-electron chi connectivity index (χ4n) is 1.82. The zero-order valence-corrected chi connectivity index (χ0v) is 10.5. The fraction of sp³-hybridized carbons (Fsp3) is 0.917. The van der Waals surface area contributed by atoms with Gasteiger partial charge in [0.1, 0.15) is 6.10 Å². The molecule has 1 atom stereocenters. The van der Waals surface area contributed by atoms with E-state index in [4.69, 9.17) is 9.47 Å². The molecule has 5 nitrogen and oxygen atoms in total. The third-order valence-corrected chi connectivity index (χ3v) is 3.20. The molecule has 17 heavy (non-hydrogen) atoms. The summed E-state index contributed by atoms with van der Waals surface area (Å²) in [6.07, 6.45) is 2.28. The summed E-state index contributed by atoms with van der Waals surface area (Å²) < 4.78 is 10.9. The summed E-state index contributed by atoms with van der Waals surface area (Å²) in [5, 5.41) is 3.16. The smallest absolute Gasteiger partial charge is 0.252 e. The van der Waals surface area contributed by atoms with Gasteiger partial charge in [-0.25, -0.2) is 0 Å². The predicted octanol–water partition coefficient (Wildman–Crippen LogP) is -0.140. The number of carbonyl (C=O) groups is 1. The van der Waals surface area contributed by atoms with E-state index in [0.717, 1.165) is 19.1 Å². The molecule has 1 N–H and O–H groups in total. The Morgan fingerprint density at radius 3 is 3.00 bits per heavy atom. The van der Waals surface area contributed by atoms with Gasteiger partial charge >= 0.3 is 0 Å². The molecular weight excluding hydrogens is 220 g/mol. The first kappa shape index (κ1) is 12.8. The van der Waals surface area contributed by atoms with Crippen molar-refractivity contribution in [2.75, 3.05) is 46.5 Å². The van der Waals surface area contributed by atoms with Crippen LogP contribution in [0.2, 0.25) is 0 Å². The minimum absolute atomic E-state index is 0.0484. The topological polar surface area (TPSA) is 50.8 Å². The third kappa shape index (κ3) is 4.26. The molecule has 0 spiro atoms. The molecule has 1 heterocycles. The van der Waals surface area contributed by atoms with Crippen LogP contribution in [0, 0.1) is 5.92 Å². The van der Waals surface area contributed by atoms with Gasteiger partial charge in [-0.3, -0.25) is 4.79 Å². The van der Waals surface area contributed by atoms with Gasteiger partial charge in [0, 0.05) is 33.3 Å². The second-order valence-corrected chi connectivity index (χ2v) is 4.84. The average Bonchev–Trinajstić information content (AvgIpc) is 3.18. The quantitative estimate of drug-likeness (QED) is 0.659. The number of carbonyl (C=O) groups excluding carboxylic acids is 1. The van der Waals surface area contributed by atoms with Crippen molar-refractivity contribution in [3.63, 3.8) is 0 Å². The van der Waals surface area contributed by atoms with Crippen LogP contribution < -0.4 is 5.32 Å². The predicted molar refractivity (Wildman–Crippen MR) is 63.8 cm³/mol. The van der Waals surface area contributed by atoms with E-state index >= 15 is 0 Å². The molecule has 5 heteroatoms.